The van der Waals surface area contributed by atoms with Gasteiger partial charge >= 0.3 is 0 Å². The van der Waals surface area contributed by atoms with Gasteiger partial charge in [0.2, 0.25) is 11.8 Å². The number of benzene rings is 2. The zero-order valence-corrected chi connectivity index (χ0v) is 13.3. The van der Waals surface area contributed by atoms with Crippen molar-refractivity contribution in [1.29, 1.82) is 0 Å². The lowest BCUT2D eigenvalue weighted by atomic mass is 10.1. The molecule has 23 heavy (non-hydrogen) atoms. The average molecular weight is 312 g/mol. The van der Waals surface area contributed by atoms with Gasteiger partial charge in [-0.25, -0.2) is 0 Å². The maximum atomic E-state index is 12.0. The first-order valence-corrected chi connectivity index (χ1v) is 7.44. The lowest BCUT2D eigenvalue weighted by Gasteiger charge is -2.11. The van der Waals surface area contributed by atoms with E-state index < -0.39 is 0 Å². The van der Waals surface area contributed by atoms with Crippen molar-refractivity contribution < 1.29 is 14.3 Å². The van der Waals surface area contributed by atoms with Gasteiger partial charge in [0.15, 0.2) is 0 Å². The molecule has 0 heterocycles. The van der Waals surface area contributed by atoms with Crippen LogP contribution < -0.4 is 15.4 Å². The molecule has 2 rings (SSSR count). The summed E-state index contributed by atoms with van der Waals surface area (Å²) in [5, 5.41) is 5.46. The predicted octanol–water partition coefficient (Wildman–Crippen LogP) is 3.22. The molecular formula is C18H20N2O3. The Morgan fingerprint density at radius 1 is 0.913 bits per heavy atom. The van der Waals surface area contributed by atoms with Gasteiger partial charge in [0.05, 0.1) is 12.8 Å². The van der Waals surface area contributed by atoms with Crippen LogP contribution in [0.25, 0.3) is 0 Å². The molecule has 0 unspecified atom stereocenters. The molecule has 0 aliphatic heterocycles. The zero-order valence-electron chi connectivity index (χ0n) is 13.3. The van der Waals surface area contributed by atoms with Gasteiger partial charge in [-0.1, -0.05) is 37.3 Å². The van der Waals surface area contributed by atoms with Crippen LogP contribution in [0.3, 0.4) is 0 Å². The van der Waals surface area contributed by atoms with Crippen LogP contribution in [0.15, 0.2) is 48.5 Å². The van der Waals surface area contributed by atoms with Gasteiger partial charge in [-0.3, -0.25) is 9.59 Å². The third-order valence-electron chi connectivity index (χ3n) is 3.37. The Kier molecular flexibility index (Phi) is 5.74. The maximum Gasteiger partial charge on any atom is 0.233 e. The van der Waals surface area contributed by atoms with E-state index in [0.29, 0.717) is 11.4 Å². The van der Waals surface area contributed by atoms with Crippen LogP contribution in [0.5, 0.6) is 5.75 Å². The highest BCUT2D eigenvalue weighted by atomic mass is 16.5. The van der Waals surface area contributed by atoms with E-state index in [2.05, 4.69) is 10.6 Å². The van der Waals surface area contributed by atoms with E-state index in [1.165, 1.54) is 7.11 Å². The van der Waals surface area contributed by atoms with Gasteiger partial charge in [0, 0.05) is 5.69 Å². The minimum Gasteiger partial charge on any atom is -0.495 e. The summed E-state index contributed by atoms with van der Waals surface area (Å²) in [6.45, 7) is 2.01. The number of carbonyl (C=O) groups excluding carboxylic acids is 2. The minimum atomic E-state index is -0.388. The summed E-state index contributed by atoms with van der Waals surface area (Å²) < 4.78 is 5.16. The average Bonchev–Trinajstić information content (AvgIpc) is 2.55. The number of anilines is 2. The molecule has 0 atom stereocenters. The number of nitrogens with one attached hydrogen (secondary N) is 2. The Morgan fingerprint density at radius 2 is 1.48 bits per heavy atom. The highest BCUT2D eigenvalue weighted by molar-refractivity contribution is 6.08. The number of amides is 2. The van der Waals surface area contributed by atoms with Crippen LogP contribution in [0.1, 0.15) is 18.9 Å². The Bertz CT molecular complexity index is 639. The third kappa shape index (κ3) is 4.57. The molecule has 120 valence electrons. The fraction of sp³-hybridized carbons (Fsp3) is 0.222. The highest BCUT2D eigenvalue weighted by Crippen LogP contribution is 2.23. The van der Waals surface area contributed by atoms with E-state index in [-0.39, 0.29) is 18.2 Å². The molecule has 0 aromatic heterocycles. The molecule has 2 aromatic rings. The van der Waals surface area contributed by atoms with Crippen LogP contribution in [-0.2, 0) is 16.0 Å². The van der Waals surface area contributed by atoms with E-state index in [0.717, 1.165) is 17.7 Å². The molecule has 2 amide bonds. The SMILES string of the molecule is CCc1ccccc1NC(=O)CC(=O)Nc1ccccc1OC. The van der Waals surface area contributed by atoms with Crippen LogP contribution >= 0.6 is 0 Å². The number of hydrogen-bond donors (Lipinski definition) is 2. The van der Waals surface area contributed by atoms with Crippen molar-refractivity contribution in [3.63, 3.8) is 0 Å². The Morgan fingerprint density at radius 3 is 2.13 bits per heavy atom. The number of para-hydroxylation sites is 3. The normalized spacial score (nSPS) is 10.0. The van der Waals surface area contributed by atoms with Gasteiger partial charge in [-0.2, -0.15) is 0 Å². The van der Waals surface area contributed by atoms with E-state index in [4.69, 9.17) is 4.74 Å². The summed E-state index contributed by atoms with van der Waals surface area (Å²) in [6.07, 6.45) is 0.556. The Hall–Kier alpha value is -2.82. The van der Waals surface area contributed by atoms with Gasteiger partial charge in [-0.15, -0.1) is 0 Å². The minimum absolute atomic E-state index is 0.254. The monoisotopic (exact) mass is 312 g/mol. The van der Waals surface area contributed by atoms with Gasteiger partial charge < -0.3 is 15.4 Å². The second-order valence-corrected chi connectivity index (χ2v) is 4.98. The van der Waals surface area contributed by atoms with Gasteiger partial charge in [0.1, 0.15) is 12.2 Å². The summed E-state index contributed by atoms with van der Waals surface area (Å²) in [5.41, 5.74) is 2.32. The molecule has 0 aliphatic rings. The summed E-state index contributed by atoms with van der Waals surface area (Å²) in [5.74, 6) is -0.183. The van der Waals surface area contributed by atoms with Crippen LogP contribution in [0.4, 0.5) is 11.4 Å². The Labute approximate surface area is 135 Å². The maximum absolute atomic E-state index is 12.0. The highest BCUT2D eigenvalue weighted by Gasteiger charge is 2.13. The molecule has 0 radical (unpaired) electrons. The standard InChI is InChI=1S/C18H20N2O3/c1-3-13-8-4-5-9-14(13)19-17(21)12-18(22)20-15-10-6-7-11-16(15)23-2/h4-11H,3,12H2,1-2H3,(H,19,21)(H,20,22). The summed E-state index contributed by atoms with van der Waals surface area (Å²) in [6, 6.07) is 14.6. The molecule has 2 aromatic carbocycles. The first kappa shape index (κ1) is 16.5. The number of carbonyl (C=O) groups is 2. The van der Waals surface area contributed by atoms with Gasteiger partial charge in [0.25, 0.3) is 0 Å². The molecule has 0 aliphatic carbocycles. The van der Waals surface area contributed by atoms with Crippen LogP contribution in [0, 0.1) is 0 Å². The number of ether oxygens (including phenoxy) is 1. The van der Waals surface area contributed by atoms with E-state index in [1.807, 2.05) is 37.3 Å². The van der Waals surface area contributed by atoms with Crippen molar-refractivity contribution in [1.82, 2.24) is 0 Å². The van der Waals surface area contributed by atoms with Crippen molar-refractivity contribution in [2.75, 3.05) is 17.7 Å². The Balaban J connectivity index is 1.96. The number of rotatable bonds is 6. The molecule has 5 nitrogen and oxygen atoms in total. The van der Waals surface area contributed by atoms with E-state index in [9.17, 15) is 9.59 Å². The molecule has 2 N–H and O–H groups in total. The van der Waals surface area contributed by atoms with Crippen molar-refractivity contribution in [3.8, 4) is 5.75 Å². The zero-order chi connectivity index (χ0) is 16.7. The third-order valence-corrected chi connectivity index (χ3v) is 3.37. The molecule has 0 fully saturated rings. The summed E-state index contributed by atoms with van der Waals surface area (Å²) in [7, 11) is 1.53. The van der Waals surface area contributed by atoms with Crippen molar-refractivity contribution in [2.45, 2.75) is 19.8 Å². The lowest BCUT2D eigenvalue weighted by molar-refractivity contribution is -0.123. The largest absolute Gasteiger partial charge is 0.495 e. The molecule has 0 saturated heterocycles. The fourth-order valence-electron chi connectivity index (χ4n) is 2.23. The molecule has 0 spiro atoms. The van der Waals surface area contributed by atoms with Crippen LogP contribution in [-0.4, -0.2) is 18.9 Å². The fourth-order valence-corrected chi connectivity index (χ4v) is 2.23. The second-order valence-electron chi connectivity index (χ2n) is 4.98. The van der Waals surface area contributed by atoms with Crippen molar-refractivity contribution in [3.05, 3.63) is 54.1 Å². The molecular weight excluding hydrogens is 292 g/mol. The van der Waals surface area contributed by atoms with Crippen molar-refractivity contribution >= 4 is 23.2 Å². The molecule has 5 heteroatoms. The number of hydrogen-bond acceptors (Lipinski definition) is 3. The predicted molar refractivity (Wildman–Crippen MR) is 90.7 cm³/mol. The van der Waals surface area contributed by atoms with Gasteiger partial charge in [-0.05, 0) is 30.2 Å². The lowest BCUT2D eigenvalue weighted by Crippen LogP contribution is -2.22. The number of aryl methyl sites for hydroxylation is 1. The first-order valence-electron chi connectivity index (χ1n) is 7.44. The van der Waals surface area contributed by atoms with Crippen LogP contribution in [0.2, 0.25) is 0 Å². The topological polar surface area (TPSA) is 67.4 Å². The van der Waals surface area contributed by atoms with Crippen molar-refractivity contribution in [2.24, 2.45) is 0 Å². The van der Waals surface area contributed by atoms with E-state index in [1.54, 1.807) is 18.2 Å². The molecule has 0 bridgehead atoms. The second kappa shape index (κ2) is 7.98. The quantitative estimate of drug-likeness (QED) is 0.805. The summed E-state index contributed by atoms with van der Waals surface area (Å²) in [4.78, 5) is 24.0. The van der Waals surface area contributed by atoms with E-state index >= 15 is 0 Å². The first-order chi connectivity index (χ1) is 11.1. The summed E-state index contributed by atoms with van der Waals surface area (Å²) >= 11 is 0. The smallest absolute Gasteiger partial charge is 0.233 e. The number of methoxy groups -OCH3 is 1. The molecule has 0 saturated carbocycles.